The Morgan fingerprint density at radius 3 is 2.15 bits per heavy atom. The van der Waals surface area contributed by atoms with Gasteiger partial charge in [0.05, 0.1) is 6.61 Å². The van der Waals surface area contributed by atoms with Crippen LogP contribution in [0.5, 0.6) is 0 Å². The van der Waals surface area contributed by atoms with Gasteiger partial charge in [-0.25, -0.2) is 9.59 Å². The number of nitrogens with one attached hydrogen (secondary N) is 2. The van der Waals surface area contributed by atoms with E-state index in [-0.39, 0.29) is 12.3 Å². The van der Waals surface area contributed by atoms with E-state index in [1.807, 2.05) is 0 Å². The largest absolute Gasteiger partial charge is 0.464 e. The van der Waals surface area contributed by atoms with Crippen LogP contribution in [0.3, 0.4) is 0 Å². The van der Waals surface area contributed by atoms with Gasteiger partial charge in [-0.15, -0.1) is 0 Å². The van der Waals surface area contributed by atoms with E-state index in [1.165, 1.54) is 49.4 Å². The molecule has 2 aromatic rings. The van der Waals surface area contributed by atoms with E-state index in [2.05, 4.69) is 10.1 Å². The monoisotopic (exact) mass is 400 g/mol. The SMILES string of the molecule is CCOC(=O)C(NC(=O)Nc1ccc(Cl)cc1)(c1ccccc1)C(F)(F)F. The van der Waals surface area contributed by atoms with Crippen LogP contribution in [-0.4, -0.2) is 24.8 Å². The molecule has 1 atom stereocenters. The van der Waals surface area contributed by atoms with Crippen molar-refractivity contribution < 1.29 is 27.5 Å². The van der Waals surface area contributed by atoms with Gasteiger partial charge in [0.15, 0.2) is 0 Å². The van der Waals surface area contributed by atoms with Gasteiger partial charge in [-0.3, -0.25) is 0 Å². The summed E-state index contributed by atoms with van der Waals surface area (Å²) in [5.74, 6) is -1.63. The molecule has 27 heavy (non-hydrogen) atoms. The third-order valence-corrected chi connectivity index (χ3v) is 3.87. The fourth-order valence-corrected chi connectivity index (χ4v) is 2.51. The molecule has 0 bridgehead atoms. The van der Waals surface area contributed by atoms with Gasteiger partial charge in [0.2, 0.25) is 0 Å². The Bertz CT molecular complexity index is 798. The summed E-state index contributed by atoms with van der Waals surface area (Å²) in [6, 6.07) is 10.8. The van der Waals surface area contributed by atoms with Crippen molar-refractivity contribution >= 4 is 29.3 Å². The molecule has 2 amide bonds. The molecule has 0 aliphatic rings. The third-order valence-electron chi connectivity index (χ3n) is 3.62. The van der Waals surface area contributed by atoms with Crippen LogP contribution in [0.4, 0.5) is 23.7 Å². The number of hydrogen-bond donors (Lipinski definition) is 2. The molecule has 0 spiro atoms. The standard InChI is InChI=1S/C18H16ClF3N2O3/c1-2-27-15(25)17(18(20,21)22,12-6-4-3-5-7-12)24-16(26)23-14-10-8-13(19)9-11-14/h3-11H,2H2,1H3,(H2,23,24,26). The van der Waals surface area contributed by atoms with E-state index >= 15 is 0 Å². The van der Waals surface area contributed by atoms with Gasteiger partial charge in [-0.1, -0.05) is 41.9 Å². The first-order valence-electron chi connectivity index (χ1n) is 7.85. The normalized spacial score (nSPS) is 13.4. The van der Waals surface area contributed by atoms with E-state index < -0.39 is 29.3 Å². The number of carbonyl (C=O) groups excluding carboxylic acids is 2. The molecule has 0 aliphatic carbocycles. The third kappa shape index (κ3) is 4.51. The number of alkyl halides is 3. The molecular formula is C18H16ClF3N2O3. The van der Waals surface area contributed by atoms with Crippen molar-refractivity contribution in [3.8, 4) is 0 Å². The van der Waals surface area contributed by atoms with Gasteiger partial charge in [-0.05, 0) is 36.8 Å². The van der Waals surface area contributed by atoms with Crippen molar-refractivity contribution in [1.82, 2.24) is 5.32 Å². The van der Waals surface area contributed by atoms with E-state index in [0.29, 0.717) is 5.02 Å². The highest BCUT2D eigenvalue weighted by Gasteiger charge is 2.64. The highest BCUT2D eigenvalue weighted by Crippen LogP contribution is 2.40. The Hall–Kier alpha value is -2.74. The van der Waals surface area contributed by atoms with Crippen molar-refractivity contribution in [3.63, 3.8) is 0 Å². The molecule has 2 rings (SSSR count). The van der Waals surface area contributed by atoms with Crippen LogP contribution in [-0.2, 0) is 15.1 Å². The Morgan fingerprint density at radius 1 is 1.04 bits per heavy atom. The number of halogens is 4. The molecule has 0 aliphatic heterocycles. The number of hydrogen-bond acceptors (Lipinski definition) is 3. The van der Waals surface area contributed by atoms with E-state index in [4.69, 9.17) is 11.6 Å². The topological polar surface area (TPSA) is 67.4 Å². The van der Waals surface area contributed by atoms with Gasteiger partial charge >= 0.3 is 18.2 Å². The summed E-state index contributed by atoms with van der Waals surface area (Å²) >= 11 is 5.73. The van der Waals surface area contributed by atoms with Gasteiger partial charge < -0.3 is 15.4 Å². The summed E-state index contributed by atoms with van der Waals surface area (Å²) in [6.45, 7) is 1.09. The van der Waals surface area contributed by atoms with Crippen LogP contribution in [0.25, 0.3) is 0 Å². The lowest BCUT2D eigenvalue weighted by molar-refractivity contribution is -0.213. The van der Waals surface area contributed by atoms with Gasteiger partial charge in [-0.2, -0.15) is 13.2 Å². The Labute approximate surface area is 158 Å². The Balaban J connectivity index is 2.43. The molecule has 5 nitrogen and oxygen atoms in total. The number of ether oxygens (including phenoxy) is 1. The highest BCUT2D eigenvalue weighted by atomic mass is 35.5. The van der Waals surface area contributed by atoms with Crippen LogP contribution in [0.15, 0.2) is 54.6 Å². The zero-order valence-corrected chi connectivity index (χ0v) is 14.9. The maximum atomic E-state index is 14.0. The lowest BCUT2D eigenvalue weighted by Gasteiger charge is -2.34. The maximum absolute atomic E-state index is 14.0. The fourth-order valence-electron chi connectivity index (χ4n) is 2.38. The maximum Gasteiger partial charge on any atom is 0.426 e. The molecular weight excluding hydrogens is 385 g/mol. The molecule has 0 radical (unpaired) electrons. The summed E-state index contributed by atoms with van der Waals surface area (Å²) in [5, 5.41) is 4.39. The molecule has 2 aromatic carbocycles. The summed E-state index contributed by atoms with van der Waals surface area (Å²) in [4.78, 5) is 24.6. The predicted molar refractivity (Wildman–Crippen MR) is 94.4 cm³/mol. The highest BCUT2D eigenvalue weighted by molar-refractivity contribution is 6.30. The number of amides is 2. The summed E-state index contributed by atoms with van der Waals surface area (Å²) < 4.78 is 46.7. The first kappa shape index (κ1) is 20.6. The minimum Gasteiger partial charge on any atom is -0.464 e. The molecule has 1 unspecified atom stereocenters. The number of urea groups is 1. The minimum atomic E-state index is -5.15. The number of benzene rings is 2. The second-order valence-corrected chi connectivity index (χ2v) is 5.86. The molecule has 144 valence electrons. The Kier molecular flexibility index (Phi) is 6.32. The average Bonchev–Trinajstić information content (AvgIpc) is 2.61. The quantitative estimate of drug-likeness (QED) is 0.727. The second-order valence-electron chi connectivity index (χ2n) is 5.42. The van der Waals surface area contributed by atoms with Crippen molar-refractivity contribution in [2.24, 2.45) is 0 Å². The summed E-state index contributed by atoms with van der Waals surface area (Å²) in [7, 11) is 0. The number of anilines is 1. The lowest BCUT2D eigenvalue weighted by atomic mass is 9.89. The number of rotatable bonds is 5. The van der Waals surface area contributed by atoms with Crippen molar-refractivity contribution in [2.75, 3.05) is 11.9 Å². The van der Waals surface area contributed by atoms with Crippen molar-refractivity contribution in [1.29, 1.82) is 0 Å². The molecule has 0 aromatic heterocycles. The number of esters is 1. The summed E-state index contributed by atoms with van der Waals surface area (Å²) in [5.41, 5.74) is -3.63. The smallest absolute Gasteiger partial charge is 0.426 e. The van der Waals surface area contributed by atoms with Crippen LogP contribution < -0.4 is 10.6 Å². The zero-order valence-electron chi connectivity index (χ0n) is 14.1. The number of carbonyl (C=O) groups is 2. The summed E-state index contributed by atoms with van der Waals surface area (Å²) in [6.07, 6.45) is -5.15. The van der Waals surface area contributed by atoms with Crippen LogP contribution in [0, 0.1) is 0 Å². The first-order chi connectivity index (χ1) is 12.7. The van der Waals surface area contributed by atoms with Crippen molar-refractivity contribution in [3.05, 3.63) is 65.2 Å². The molecule has 0 saturated carbocycles. The van der Waals surface area contributed by atoms with E-state index in [0.717, 1.165) is 12.1 Å². The zero-order chi connectivity index (χ0) is 20.1. The van der Waals surface area contributed by atoms with E-state index in [1.54, 1.807) is 5.32 Å². The van der Waals surface area contributed by atoms with Gasteiger partial charge in [0, 0.05) is 10.7 Å². The van der Waals surface area contributed by atoms with Gasteiger partial charge in [0.1, 0.15) is 0 Å². The Morgan fingerprint density at radius 2 is 1.63 bits per heavy atom. The fraction of sp³-hybridized carbons (Fsp3) is 0.222. The van der Waals surface area contributed by atoms with Crippen LogP contribution in [0.2, 0.25) is 5.02 Å². The average molecular weight is 401 g/mol. The van der Waals surface area contributed by atoms with Crippen LogP contribution in [0.1, 0.15) is 12.5 Å². The van der Waals surface area contributed by atoms with E-state index in [9.17, 15) is 22.8 Å². The molecule has 0 fully saturated rings. The minimum absolute atomic E-state index is 0.199. The van der Waals surface area contributed by atoms with Crippen LogP contribution >= 0.6 is 11.6 Å². The molecule has 9 heteroatoms. The first-order valence-corrected chi connectivity index (χ1v) is 8.22. The molecule has 0 heterocycles. The second kappa shape index (κ2) is 8.30. The van der Waals surface area contributed by atoms with Crippen molar-refractivity contribution in [2.45, 2.75) is 18.6 Å². The van der Waals surface area contributed by atoms with Gasteiger partial charge in [0.25, 0.3) is 5.54 Å². The molecule has 2 N–H and O–H groups in total. The molecule has 0 saturated heterocycles. The lowest BCUT2D eigenvalue weighted by Crippen LogP contribution is -2.62. The predicted octanol–water partition coefficient (Wildman–Crippen LogP) is 4.48.